The molecule has 0 unspecified atom stereocenters. The normalized spacial score (nSPS) is 15.0. The highest BCUT2D eigenvalue weighted by Gasteiger charge is 2.39. The number of allylic oxidation sites excluding steroid dienone is 4. The zero-order chi connectivity index (χ0) is 28.3. The van der Waals surface area contributed by atoms with Gasteiger partial charge in [0.25, 0.3) is 0 Å². The van der Waals surface area contributed by atoms with Gasteiger partial charge in [-0.25, -0.2) is 14.5 Å². The molecule has 0 fully saturated rings. The van der Waals surface area contributed by atoms with Crippen molar-refractivity contribution in [3.05, 3.63) is 127 Å². The van der Waals surface area contributed by atoms with Crippen LogP contribution in [-0.4, -0.2) is 27.7 Å². The molecule has 0 saturated heterocycles. The fraction of sp³-hybridized carbons (Fsp3) is 0.108. The van der Waals surface area contributed by atoms with E-state index in [0.717, 1.165) is 58.0 Å². The molecule has 3 aromatic heterocycles. The summed E-state index contributed by atoms with van der Waals surface area (Å²) in [5.41, 5.74) is 11.4. The molecule has 1 aliphatic carbocycles. The van der Waals surface area contributed by atoms with Crippen LogP contribution in [0, 0.1) is 0 Å². The van der Waals surface area contributed by atoms with Crippen molar-refractivity contribution in [2.24, 2.45) is 0 Å². The summed E-state index contributed by atoms with van der Waals surface area (Å²) in [6, 6.07) is 34.6. The molecule has 3 aromatic carbocycles. The third kappa shape index (κ3) is 4.00. The Morgan fingerprint density at radius 1 is 0.690 bits per heavy atom. The fourth-order valence-electron chi connectivity index (χ4n) is 6.55. The minimum atomic E-state index is -1.88. The fourth-order valence-corrected chi connectivity index (χ4v) is 9.85. The Morgan fingerprint density at radius 3 is 2.26 bits per heavy atom. The van der Waals surface area contributed by atoms with Crippen molar-refractivity contribution in [1.29, 1.82) is 0 Å². The first-order valence-corrected chi connectivity index (χ1v) is 17.6. The Morgan fingerprint density at radius 2 is 1.45 bits per heavy atom. The van der Waals surface area contributed by atoms with E-state index >= 15 is 0 Å². The number of rotatable bonds is 4. The van der Waals surface area contributed by atoms with E-state index in [1.807, 2.05) is 10.6 Å². The van der Waals surface area contributed by atoms with E-state index in [0.29, 0.717) is 0 Å². The van der Waals surface area contributed by atoms with Gasteiger partial charge in [-0.05, 0) is 69.2 Å². The number of hydrogen-bond donors (Lipinski definition) is 0. The van der Waals surface area contributed by atoms with E-state index in [1.165, 1.54) is 27.1 Å². The van der Waals surface area contributed by atoms with Crippen LogP contribution in [0.2, 0.25) is 13.1 Å². The molecule has 4 heterocycles. The van der Waals surface area contributed by atoms with Crippen molar-refractivity contribution >= 4 is 29.7 Å². The van der Waals surface area contributed by atoms with Crippen molar-refractivity contribution in [2.45, 2.75) is 25.9 Å². The average Bonchev–Trinajstić information content (AvgIpc) is 3.58. The summed E-state index contributed by atoms with van der Waals surface area (Å²) in [5.74, 6) is 0.759. The molecule has 202 valence electrons. The van der Waals surface area contributed by atoms with E-state index in [-0.39, 0.29) is 0 Å². The van der Waals surface area contributed by atoms with Crippen molar-refractivity contribution in [2.75, 3.05) is 0 Å². The molecule has 5 heteroatoms. The summed E-state index contributed by atoms with van der Waals surface area (Å²) in [6.07, 6.45) is 10.7. The standard InChI is InChI=1S/C37H30N4Si/c1-42(2)34-16-10-9-15-30(34)31-21-22-41-37(35(31)42)39-36(40-41)28-19-17-25(18-20-28)29-23-32(26-11-5-3-6-12-26)38-33(24-29)27-13-7-4-8-14-27/h3-7,9-13,15-24H,8,14H2,1-2H3. The molecule has 0 saturated carbocycles. The van der Waals surface area contributed by atoms with Crippen LogP contribution in [0.4, 0.5) is 0 Å². The Balaban J connectivity index is 1.19. The first kappa shape index (κ1) is 24.9. The van der Waals surface area contributed by atoms with Crippen molar-refractivity contribution in [3.8, 4) is 44.9 Å². The van der Waals surface area contributed by atoms with Crippen LogP contribution in [0.1, 0.15) is 18.5 Å². The monoisotopic (exact) mass is 558 g/mol. The molecule has 4 nitrogen and oxygen atoms in total. The summed E-state index contributed by atoms with van der Waals surface area (Å²) in [5, 5.41) is 7.79. The maximum atomic E-state index is 5.13. The number of fused-ring (bicyclic) bond motifs is 5. The van der Waals surface area contributed by atoms with E-state index < -0.39 is 8.07 Å². The van der Waals surface area contributed by atoms with Crippen LogP contribution in [0.3, 0.4) is 0 Å². The number of nitrogens with zero attached hydrogens (tertiary/aromatic N) is 4. The van der Waals surface area contributed by atoms with Crippen LogP contribution in [-0.2, 0) is 0 Å². The number of aromatic nitrogens is 4. The smallest absolute Gasteiger partial charge is 0.182 e. The van der Waals surface area contributed by atoms with Crippen LogP contribution >= 0.6 is 0 Å². The van der Waals surface area contributed by atoms with Crippen molar-refractivity contribution in [3.63, 3.8) is 0 Å². The average molecular weight is 559 g/mol. The lowest BCUT2D eigenvalue weighted by molar-refractivity contribution is 0.969. The third-order valence-corrected chi connectivity index (χ3v) is 12.3. The topological polar surface area (TPSA) is 43.1 Å². The van der Waals surface area contributed by atoms with Gasteiger partial charge in [-0.3, -0.25) is 0 Å². The first-order chi connectivity index (χ1) is 20.6. The summed E-state index contributed by atoms with van der Waals surface area (Å²) in [7, 11) is -1.88. The molecule has 0 radical (unpaired) electrons. The SMILES string of the molecule is C[Si]1(C)c2ccccc2-c2ccn3nc(-c4ccc(-c5cc(C6=CC=CCC6)nc(-c6ccccc6)c5)cc4)nc3c21. The van der Waals surface area contributed by atoms with Gasteiger partial charge in [0.1, 0.15) is 8.07 Å². The highest BCUT2D eigenvalue weighted by molar-refractivity contribution is 7.04. The minimum absolute atomic E-state index is 0.759. The van der Waals surface area contributed by atoms with Crippen LogP contribution < -0.4 is 10.4 Å². The molecular weight excluding hydrogens is 529 g/mol. The van der Waals surface area contributed by atoms with Crippen LogP contribution in [0.5, 0.6) is 0 Å². The van der Waals surface area contributed by atoms with Gasteiger partial charge in [-0.15, -0.1) is 5.10 Å². The third-order valence-electron chi connectivity index (χ3n) is 8.74. The Hall–Kier alpha value is -4.87. The summed E-state index contributed by atoms with van der Waals surface area (Å²) >= 11 is 0. The van der Waals surface area contributed by atoms with Crippen LogP contribution in [0.15, 0.2) is 121 Å². The maximum absolute atomic E-state index is 5.13. The zero-order valence-corrected chi connectivity index (χ0v) is 24.8. The lowest BCUT2D eigenvalue weighted by Gasteiger charge is -2.18. The summed E-state index contributed by atoms with van der Waals surface area (Å²) < 4.78 is 1.97. The highest BCUT2D eigenvalue weighted by atomic mass is 28.3. The lowest BCUT2D eigenvalue weighted by atomic mass is 9.96. The van der Waals surface area contributed by atoms with Crippen molar-refractivity contribution in [1.82, 2.24) is 19.6 Å². The van der Waals surface area contributed by atoms with Gasteiger partial charge < -0.3 is 0 Å². The molecule has 42 heavy (non-hydrogen) atoms. The van der Waals surface area contributed by atoms with E-state index in [4.69, 9.17) is 15.1 Å². The second kappa shape index (κ2) is 9.60. The molecule has 0 bridgehead atoms. The van der Waals surface area contributed by atoms with Crippen LogP contribution in [0.25, 0.3) is 56.1 Å². The molecule has 0 N–H and O–H groups in total. The molecule has 1 aliphatic heterocycles. The first-order valence-electron chi connectivity index (χ1n) is 14.6. The molecule has 8 rings (SSSR count). The van der Waals surface area contributed by atoms with E-state index in [2.05, 4.69) is 129 Å². The lowest BCUT2D eigenvalue weighted by Crippen LogP contribution is -2.50. The second-order valence-electron chi connectivity index (χ2n) is 11.7. The number of benzene rings is 3. The van der Waals surface area contributed by atoms with E-state index in [9.17, 15) is 0 Å². The van der Waals surface area contributed by atoms with Crippen molar-refractivity contribution < 1.29 is 0 Å². The van der Waals surface area contributed by atoms with Gasteiger partial charge in [0.05, 0.1) is 11.4 Å². The maximum Gasteiger partial charge on any atom is 0.182 e. The number of hydrogen-bond acceptors (Lipinski definition) is 3. The Bertz CT molecular complexity index is 2050. The van der Waals surface area contributed by atoms with Gasteiger partial charge in [0.2, 0.25) is 0 Å². The highest BCUT2D eigenvalue weighted by Crippen LogP contribution is 2.33. The van der Waals surface area contributed by atoms with Gasteiger partial charge in [0.15, 0.2) is 11.5 Å². The predicted molar refractivity (Wildman–Crippen MR) is 176 cm³/mol. The minimum Gasteiger partial charge on any atom is -0.248 e. The van der Waals surface area contributed by atoms with Gasteiger partial charge in [-0.2, -0.15) is 0 Å². The van der Waals surface area contributed by atoms with Gasteiger partial charge in [-0.1, -0.05) is 110 Å². The Kier molecular flexibility index (Phi) is 5.69. The molecule has 0 atom stereocenters. The summed E-state index contributed by atoms with van der Waals surface area (Å²) in [4.78, 5) is 10.2. The molecule has 6 aromatic rings. The summed E-state index contributed by atoms with van der Waals surface area (Å²) in [6.45, 7) is 4.85. The molecule has 0 spiro atoms. The quantitative estimate of drug-likeness (QED) is 0.209. The predicted octanol–water partition coefficient (Wildman–Crippen LogP) is 7.66. The zero-order valence-electron chi connectivity index (χ0n) is 23.8. The second-order valence-corrected chi connectivity index (χ2v) is 16.0. The molecule has 0 amide bonds. The Labute approximate surface area is 246 Å². The van der Waals surface area contributed by atoms with Gasteiger partial charge >= 0.3 is 0 Å². The van der Waals surface area contributed by atoms with Gasteiger partial charge in [0, 0.05) is 17.3 Å². The largest absolute Gasteiger partial charge is 0.248 e. The van der Waals surface area contributed by atoms with E-state index in [1.54, 1.807) is 0 Å². The molecule has 2 aliphatic rings. The molecular formula is C37H30N4Si. The number of pyridine rings is 2.